The number of aryl methyl sites for hydroxylation is 1. The summed E-state index contributed by atoms with van der Waals surface area (Å²) in [6, 6.07) is 12.6. The van der Waals surface area contributed by atoms with Crippen molar-refractivity contribution in [2.75, 3.05) is 12.3 Å². The smallest absolute Gasteiger partial charge is 0.240 e. The van der Waals surface area contributed by atoms with E-state index in [-0.39, 0.29) is 4.90 Å². The number of benzene rings is 2. The van der Waals surface area contributed by atoms with Gasteiger partial charge in [-0.2, -0.15) is 0 Å². The van der Waals surface area contributed by atoms with E-state index in [1.807, 2.05) is 44.2 Å². The molecule has 2 aromatic rings. The maximum atomic E-state index is 12.1. The molecule has 0 aliphatic rings. The molecule has 0 aliphatic carbocycles. The Hall–Kier alpha value is -1.85. The van der Waals surface area contributed by atoms with E-state index in [0.29, 0.717) is 12.2 Å². The lowest BCUT2D eigenvalue weighted by Gasteiger charge is -2.09. The predicted molar refractivity (Wildman–Crippen MR) is 91.1 cm³/mol. The molecule has 0 amide bonds. The van der Waals surface area contributed by atoms with Crippen molar-refractivity contribution in [3.63, 3.8) is 0 Å². The summed E-state index contributed by atoms with van der Waals surface area (Å²) in [6.45, 7) is 4.50. The summed E-state index contributed by atoms with van der Waals surface area (Å²) in [7, 11) is -3.42. The van der Waals surface area contributed by atoms with Crippen LogP contribution in [0.5, 0.6) is 0 Å². The third kappa shape index (κ3) is 3.87. The molecule has 5 heteroatoms. The molecule has 4 nitrogen and oxygen atoms in total. The molecule has 2 aromatic carbocycles. The quantitative estimate of drug-likeness (QED) is 0.634. The van der Waals surface area contributed by atoms with Crippen molar-refractivity contribution in [2.45, 2.75) is 31.6 Å². The Morgan fingerprint density at radius 1 is 1.09 bits per heavy atom. The second-order valence-electron chi connectivity index (χ2n) is 5.35. The summed E-state index contributed by atoms with van der Waals surface area (Å²) < 4.78 is 26.9. The summed E-state index contributed by atoms with van der Waals surface area (Å²) in [5.74, 6) is 0. The highest BCUT2D eigenvalue weighted by molar-refractivity contribution is 7.89. The first-order valence-corrected chi connectivity index (χ1v) is 8.88. The minimum Gasteiger partial charge on any atom is -0.399 e. The van der Waals surface area contributed by atoms with Gasteiger partial charge in [-0.1, -0.05) is 31.5 Å². The molecule has 0 aliphatic heterocycles. The van der Waals surface area contributed by atoms with Crippen molar-refractivity contribution in [2.24, 2.45) is 0 Å². The number of sulfonamides is 1. The van der Waals surface area contributed by atoms with Gasteiger partial charge >= 0.3 is 0 Å². The lowest BCUT2D eigenvalue weighted by atomic mass is 10.0. The Morgan fingerprint density at radius 2 is 1.77 bits per heavy atom. The molecule has 0 unspecified atom stereocenters. The van der Waals surface area contributed by atoms with Gasteiger partial charge in [-0.15, -0.1) is 0 Å². The molecule has 0 bridgehead atoms. The van der Waals surface area contributed by atoms with Crippen LogP contribution in [0, 0.1) is 6.92 Å². The normalized spacial score (nSPS) is 11.5. The van der Waals surface area contributed by atoms with Crippen LogP contribution in [-0.2, 0) is 10.0 Å². The van der Waals surface area contributed by atoms with Crippen LogP contribution in [0.2, 0.25) is 0 Å². The molecule has 3 N–H and O–H groups in total. The Morgan fingerprint density at radius 3 is 2.41 bits per heavy atom. The number of nitrogen functional groups attached to an aromatic ring is 1. The Balaban J connectivity index is 2.25. The van der Waals surface area contributed by atoms with Gasteiger partial charge < -0.3 is 5.73 Å². The van der Waals surface area contributed by atoms with E-state index in [4.69, 9.17) is 5.73 Å². The first-order valence-electron chi connectivity index (χ1n) is 7.40. The Bertz CT molecular complexity index is 738. The highest BCUT2D eigenvalue weighted by Crippen LogP contribution is 2.26. The second kappa shape index (κ2) is 6.94. The molecular formula is C17H22N2O2S. The van der Waals surface area contributed by atoms with Crippen LogP contribution in [0.3, 0.4) is 0 Å². The van der Waals surface area contributed by atoms with Gasteiger partial charge in [0.15, 0.2) is 0 Å². The van der Waals surface area contributed by atoms with Gasteiger partial charge in [0.05, 0.1) is 4.90 Å². The maximum Gasteiger partial charge on any atom is 0.240 e. The second-order valence-corrected chi connectivity index (χ2v) is 7.12. The number of hydrogen-bond donors (Lipinski definition) is 2. The Labute approximate surface area is 132 Å². The van der Waals surface area contributed by atoms with Crippen molar-refractivity contribution in [1.82, 2.24) is 4.72 Å². The lowest BCUT2D eigenvalue weighted by Crippen LogP contribution is -2.24. The van der Waals surface area contributed by atoms with Crippen molar-refractivity contribution in [3.05, 3.63) is 48.0 Å². The highest BCUT2D eigenvalue weighted by atomic mass is 32.2. The summed E-state index contributed by atoms with van der Waals surface area (Å²) in [4.78, 5) is 0.286. The maximum absolute atomic E-state index is 12.1. The van der Waals surface area contributed by atoms with Gasteiger partial charge in [0.25, 0.3) is 0 Å². The molecule has 0 atom stereocenters. The van der Waals surface area contributed by atoms with Crippen LogP contribution in [0.1, 0.15) is 25.3 Å². The third-order valence-corrected chi connectivity index (χ3v) is 5.04. The van der Waals surface area contributed by atoms with Crippen molar-refractivity contribution >= 4 is 15.7 Å². The van der Waals surface area contributed by atoms with Gasteiger partial charge in [0.1, 0.15) is 0 Å². The first-order chi connectivity index (χ1) is 10.4. The first kappa shape index (κ1) is 16.5. The number of hydrogen-bond acceptors (Lipinski definition) is 3. The SMILES string of the molecule is CCCCNS(=O)(=O)c1ccc(-c2cc(N)ccc2C)cc1. The number of anilines is 1. The molecule has 0 heterocycles. The summed E-state index contributed by atoms with van der Waals surface area (Å²) in [5, 5.41) is 0. The van der Waals surface area contributed by atoms with E-state index in [2.05, 4.69) is 4.72 Å². The number of unbranched alkanes of at least 4 members (excludes halogenated alkanes) is 1. The van der Waals surface area contributed by atoms with Crippen LogP contribution in [0.25, 0.3) is 11.1 Å². The standard InChI is InChI=1S/C17H22N2O2S/c1-3-4-11-19-22(20,21)16-9-6-14(7-10-16)17-12-15(18)8-5-13(17)2/h5-10,12,19H,3-4,11,18H2,1-2H3. The lowest BCUT2D eigenvalue weighted by molar-refractivity contribution is 0.578. The third-order valence-electron chi connectivity index (χ3n) is 3.56. The average molecular weight is 318 g/mol. The van der Waals surface area contributed by atoms with Gasteiger partial charge in [0, 0.05) is 12.2 Å². The zero-order chi connectivity index (χ0) is 16.2. The van der Waals surface area contributed by atoms with E-state index >= 15 is 0 Å². The summed E-state index contributed by atoms with van der Waals surface area (Å²) >= 11 is 0. The molecule has 118 valence electrons. The van der Waals surface area contributed by atoms with E-state index in [1.165, 1.54) is 0 Å². The topological polar surface area (TPSA) is 72.2 Å². The monoisotopic (exact) mass is 318 g/mol. The van der Waals surface area contributed by atoms with Gasteiger partial charge in [0.2, 0.25) is 10.0 Å². The van der Waals surface area contributed by atoms with Crippen LogP contribution < -0.4 is 10.5 Å². The van der Waals surface area contributed by atoms with Crippen molar-refractivity contribution < 1.29 is 8.42 Å². The molecule has 22 heavy (non-hydrogen) atoms. The minimum absolute atomic E-state index is 0.286. The van der Waals surface area contributed by atoms with E-state index in [0.717, 1.165) is 29.5 Å². The molecule has 0 saturated heterocycles. The van der Waals surface area contributed by atoms with Crippen LogP contribution in [0.15, 0.2) is 47.4 Å². The summed E-state index contributed by atoms with van der Waals surface area (Å²) in [6.07, 6.45) is 1.79. The van der Waals surface area contributed by atoms with E-state index in [1.54, 1.807) is 12.1 Å². The minimum atomic E-state index is -3.42. The zero-order valence-corrected chi connectivity index (χ0v) is 13.8. The fraction of sp³-hybridized carbons (Fsp3) is 0.294. The van der Waals surface area contributed by atoms with E-state index in [9.17, 15) is 8.42 Å². The molecular weight excluding hydrogens is 296 g/mol. The van der Waals surface area contributed by atoms with E-state index < -0.39 is 10.0 Å². The highest BCUT2D eigenvalue weighted by Gasteiger charge is 2.13. The molecule has 0 fully saturated rings. The van der Waals surface area contributed by atoms with Gasteiger partial charge in [-0.05, 0) is 54.3 Å². The molecule has 2 rings (SSSR count). The molecule has 0 radical (unpaired) electrons. The molecule has 0 spiro atoms. The Kier molecular flexibility index (Phi) is 5.21. The van der Waals surface area contributed by atoms with Gasteiger partial charge in [-0.25, -0.2) is 13.1 Å². The van der Waals surface area contributed by atoms with Crippen LogP contribution in [0.4, 0.5) is 5.69 Å². The fourth-order valence-electron chi connectivity index (χ4n) is 2.23. The average Bonchev–Trinajstić information content (AvgIpc) is 2.50. The number of rotatable bonds is 6. The number of nitrogens with one attached hydrogen (secondary N) is 1. The van der Waals surface area contributed by atoms with Crippen molar-refractivity contribution in [1.29, 1.82) is 0 Å². The largest absolute Gasteiger partial charge is 0.399 e. The van der Waals surface area contributed by atoms with Crippen LogP contribution >= 0.6 is 0 Å². The molecule has 0 saturated carbocycles. The van der Waals surface area contributed by atoms with Crippen LogP contribution in [-0.4, -0.2) is 15.0 Å². The predicted octanol–water partition coefficient (Wildman–Crippen LogP) is 3.32. The summed E-state index contributed by atoms with van der Waals surface area (Å²) in [5.41, 5.74) is 9.59. The fourth-order valence-corrected chi connectivity index (χ4v) is 3.31. The molecule has 0 aromatic heterocycles. The zero-order valence-electron chi connectivity index (χ0n) is 13.0. The van der Waals surface area contributed by atoms with Crippen molar-refractivity contribution in [3.8, 4) is 11.1 Å². The van der Waals surface area contributed by atoms with Gasteiger partial charge in [-0.3, -0.25) is 0 Å². The number of nitrogens with two attached hydrogens (primary N) is 1.